The minimum absolute atomic E-state index is 0.0748. The van der Waals surface area contributed by atoms with Crippen LogP contribution in [0.25, 0.3) is 5.82 Å². The maximum absolute atomic E-state index is 13.4. The van der Waals surface area contributed by atoms with Crippen molar-refractivity contribution in [3.8, 4) is 5.82 Å². The largest absolute Gasteiger partial charge is 0.366 e. The molecule has 0 aliphatic rings. The van der Waals surface area contributed by atoms with E-state index in [9.17, 15) is 13.2 Å². The zero-order chi connectivity index (χ0) is 16.6. The van der Waals surface area contributed by atoms with Crippen molar-refractivity contribution in [1.29, 1.82) is 0 Å². The maximum atomic E-state index is 13.4. The van der Waals surface area contributed by atoms with Gasteiger partial charge in [-0.2, -0.15) is 19.0 Å². The van der Waals surface area contributed by atoms with Crippen molar-refractivity contribution < 1.29 is 13.2 Å². The molecule has 0 spiro atoms. The highest BCUT2D eigenvalue weighted by Gasteiger charge is 2.33. The van der Waals surface area contributed by atoms with Crippen LogP contribution in [-0.2, 0) is 18.9 Å². The quantitative estimate of drug-likeness (QED) is 0.683. The lowest BCUT2D eigenvalue weighted by atomic mass is 10.2. The number of alkyl halides is 3. The minimum Gasteiger partial charge on any atom is -0.251 e. The van der Waals surface area contributed by atoms with E-state index in [0.29, 0.717) is 11.5 Å². The van der Waals surface area contributed by atoms with Gasteiger partial charge in [-0.05, 0) is 17.7 Å². The van der Waals surface area contributed by atoms with Gasteiger partial charge in [-0.15, -0.1) is 0 Å². The van der Waals surface area contributed by atoms with Gasteiger partial charge < -0.3 is 0 Å². The Balaban J connectivity index is 2.05. The van der Waals surface area contributed by atoms with Crippen LogP contribution in [0.1, 0.15) is 17.2 Å². The van der Waals surface area contributed by atoms with E-state index in [1.54, 1.807) is 13.1 Å². The fraction of sp³-hybridized carbons (Fsp3) is 0.231. The molecule has 120 valence electrons. The topological polar surface area (TPSA) is 61.4 Å². The molecule has 0 bridgehead atoms. The van der Waals surface area contributed by atoms with Gasteiger partial charge in [0.25, 0.3) is 0 Å². The molecule has 0 radical (unpaired) electrons. The first-order chi connectivity index (χ1) is 10.8. The normalized spacial score (nSPS) is 11.9. The van der Waals surface area contributed by atoms with E-state index in [1.807, 2.05) is 0 Å². The third-order valence-electron chi connectivity index (χ3n) is 3.10. The highest BCUT2D eigenvalue weighted by molar-refractivity contribution is 6.21. The Morgan fingerprint density at radius 2 is 1.96 bits per heavy atom. The van der Waals surface area contributed by atoms with Gasteiger partial charge in [-0.1, -0.05) is 0 Å². The lowest BCUT2D eigenvalue weighted by molar-refractivity contribution is 0.0895. The fourth-order valence-electron chi connectivity index (χ4n) is 2.05. The second-order valence-electron chi connectivity index (χ2n) is 4.74. The molecule has 0 aromatic carbocycles. The number of aromatic nitrogens is 6. The molecule has 10 heteroatoms. The Labute approximate surface area is 133 Å². The van der Waals surface area contributed by atoms with Gasteiger partial charge in [0.15, 0.2) is 11.6 Å². The number of aryl methyl sites for hydroxylation is 1. The molecule has 3 aromatic heterocycles. The van der Waals surface area contributed by atoms with E-state index >= 15 is 0 Å². The molecule has 6 nitrogen and oxygen atoms in total. The molecule has 0 fully saturated rings. The van der Waals surface area contributed by atoms with Gasteiger partial charge in [-0.25, -0.2) is 19.0 Å². The monoisotopic (exact) mass is 342 g/mol. The Morgan fingerprint density at radius 1 is 1.26 bits per heavy atom. The molecule has 23 heavy (non-hydrogen) atoms. The summed E-state index contributed by atoms with van der Waals surface area (Å²) in [5, 5.41) is 4.21. The van der Waals surface area contributed by atoms with Gasteiger partial charge in [0.2, 0.25) is 0 Å². The summed E-state index contributed by atoms with van der Waals surface area (Å²) in [5.74, 6) is 0.148. The van der Waals surface area contributed by atoms with Crippen molar-refractivity contribution in [2.24, 2.45) is 7.05 Å². The average molecular weight is 343 g/mol. The summed E-state index contributed by atoms with van der Waals surface area (Å²) < 4.78 is 42.4. The second-order valence-corrected chi connectivity index (χ2v) is 5.21. The van der Waals surface area contributed by atoms with E-state index in [2.05, 4.69) is 20.2 Å². The van der Waals surface area contributed by atoms with Gasteiger partial charge >= 0.3 is 5.38 Å². The molecule has 0 N–H and O–H groups in total. The molecule has 0 unspecified atom stereocenters. The Bertz CT molecular complexity index is 821. The molecular weight excluding hydrogens is 333 g/mol. The van der Waals surface area contributed by atoms with Crippen LogP contribution in [0.15, 0.2) is 30.7 Å². The van der Waals surface area contributed by atoms with E-state index in [1.165, 1.54) is 15.6 Å². The summed E-state index contributed by atoms with van der Waals surface area (Å²) >= 11 is 5.06. The molecule has 0 aliphatic heterocycles. The standard InChI is InChI=1S/C13H10ClF3N6/c1-22-12(2-3-20-22)23-9(4-10(21-23)13(14,16)17)5-11-18-6-8(15)7-19-11/h2-4,6-7H,5H2,1H3. The van der Waals surface area contributed by atoms with E-state index in [0.717, 1.165) is 18.5 Å². The van der Waals surface area contributed by atoms with Crippen LogP contribution in [0.3, 0.4) is 0 Å². The molecular formula is C13H10ClF3N6. The summed E-state index contributed by atoms with van der Waals surface area (Å²) in [7, 11) is 1.65. The van der Waals surface area contributed by atoms with Crippen molar-refractivity contribution in [3.63, 3.8) is 0 Å². The Hall–Kier alpha value is -2.42. The molecule has 3 rings (SSSR count). The zero-order valence-corrected chi connectivity index (χ0v) is 12.5. The van der Waals surface area contributed by atoms with Crippen LogP contribution in [-0.4, -0.2) is 29.5 Å². The van der Waals surface area contributed by atoms with Crippen LogP contribution in [0, 0.1) is 5.82 Å². The van der Waals surface area contributed by atoms with Crippen LogP contribution in [0.5, 0.6) is 0 Å². The first kappa shape index (κ1) is 15.5. The van der Waals surface area contributed by atoms with Crippen LogP contribution in [0.4, 0.5) is 13.2 Å². The number of rotatable bonds is 4. The molecule has 0 amide bonds. The summed E-state index contributed by atoms with van der Waals surface area (Å²) in [6, 6.07) is 2.77. The van der Waals surface area contributed by atoms with Crippen molar-refractivity contribution >= 4 is 11.6 Å². The van der Waals surface area contributed by atoms with E-state index in [-0.39, 0.29) is 12.2 Å². The molecule has 3 heterocycles. The van der Waals surface area contributed by atoms with Crippen molar-refractivity contribution in [2.75, 3.05) is 0 Å². The first-order valence-electron chi connectivity index (χ1n) is 6.45. The second kappa shape index (κ2) is 5.65. The summed E-state index contributed by atoms with van der Waals surface area (Å²) in [4.78, 5) is 7.64. The van der Waals surface area contributed by atoms with Gasteiger partial charge in [0.05, 0.1) is 30.7 Å². The van der Waals surface area contributed by atoms with Crippen LogP contribution < -0.4 is 0 Å². The van der Waals surface area contributed by atoms with Crippen LogP contribution in [0.2, 0.25) is 0 Å². The predicted octanol–water partition coefficient (Wildman–Crippen LogP) is 2.41. The SMILES string of the molecule is Cn1nccc1-n1nc(C(F)(F)Cl)cc1Cc1ncc(F)cn1. The van der Waals surface area contributed by atoms with Gasteiger partial charge in [-0.3, -0.25) is 4.68 Å². The number of halogens is 4. The lowest BCUT2D eigenvalue weighted by Crippen LogP contribution is -2.10. The molecule has 0 aliphatic carbocycles. The minimum atomic E-state index is -3.61. The smallest absolute Gasteiger partial charge is 0.251 e. The van der Waals surface area contributed by atoms with E-state index < -0.39 is 16.9 Å². The predicted molar refractivity (Wildman–Crippen MR) is 74.9 cm³/mol. The zero-order valence-electron chi connectivity index (χ0n) is 11.8. The summed E-state index contributed by atoms with van der Waals surface area (Å²) in [6.07, 6.45) is 3.59. The molecule has 3 aromatic rings. The maximum Gasteiger partial charge on any atom is 0.366 e. The highest BCUT2D eigenvalue weighted by atomic mass is 35.5. The number of nitrogens with zero attached hydrogens (tertiary/aromatic N) is 6. The molecule has 0 atom stereocenters. The lowest BCUT2D eigenvalue weighted by Gasteiger charge is -2.07. The third kappa shape index (κ3) is 3.19. The van der Waals surface area contributed by atoms with Crippen molar-refractivity contribution in [2.45, 2.75) is 11.8 Å². The highest BCUT2D eigenvalue weighted by Crippen LogP contribution is 2.32. The Kier molecular flexibility index (Phi) is 3.80. The molecule has 0 saturated heterocycles. The summed E-state index contributed by atoms with van der Waals surface area (Å²) in [5.41, 5.74) is -0.229. The molecule has 0 saturated carbocycles. The van der Waals surface area contributed by atoms with Crippen molar-refractivity contribution in [3.05, 3.63) is 53.8 Å². The number of hydrogen-bond acceptors (Lipinski definition) is 4. The fourth-order valence-corrected chi connectivity index (χ4v) is 2.14. The van der Waals surface area contributed by atoms with Crippen LogP contribution >= 0.6 is 11.6 Å². The number of hydrogen-bond donors (Lipinski definition) is 0. The Morgan fingerprint density at radius 3 is 2.52 bits per heavy atom. The average Bonchev–Trinajstić information content (AvgIpc) is 3.07. The van der Waals surface area contributed by atoms with E-state index in [4.69, 9.17) is 11.6 Å². The summed E-state index contributed by atoms with van der Waals surface area (Å²) in [6.45, 7) is 0. The van der Waals surface area contributed by atoms with Gasteiger partial charge in [0, 0.05) is 13.1 Å². The third-order valence-corrected chi connectivity index (χ3v) is 3.29. The van der Waals surface area contributed by atoms with Crippen molar-refractivity contribution in [1.82, 2.24) is 29.5 Å². The van der Waals surface area contributed by atoms with Gasteiger partial charge in [0.1, 0.15) is 11.5 Å². The first-order valence-corrected chi connectivity index (χ1v) is 6.83.